The molecule has 1 aromatic carbocycles. The molecule has 30 heavy (non-hydrogen) atoms. The Kier molecular flexibility index (Phi) is 5.28. The molecule has 3 heterocycles. The van der Waals surface area contributed by atoms with Crippen molar-refractivity contribution in [2.75, 3.05) is 20.8 Å². The summed E-state index contributed by atoms with van der Waals surface area (Å²) in [6.07, 6.45) is 2.23. The van der Waals surface area contributed by atoms with Gasteiger partial charge in [-0.1, -0.05) is 6.07 Å². The summed E-state index contributed by atoms with van der Waals surface area (Å²) in [7, 11) is 3.25. The van der Waals surface area contributed by atoms with Gasteiger partial charge in [-0.05, 0) is 50.1 Å². The summed E-state index contributed by atoms with van der Waals surface area (Å²) in [6.45, 7) is 6.72. The Morgan fingerprint density at radius 2 is 1.90 bits per heavy atom. The SMILES string of the molecule is COc1ccc(-c2cc(O[C@H](C)C3CNC(=O)C3)c3c(C)cnn3c2C)cc1OC. The molecule has 1 unspecified atom stereocenters. The lowest BCUT2D eigenvalue weighted by atomic mass is 10.0. The first-order valence-electron chi connectivity index (χ1n) is 10.1. The largest absolute Gasteiger partial charge is 0.493 e. The molecular weight excluding hydrogens is 382 g/mol. The van der Waals surface area contributed by atoms with E-state index in [1.165, 1.54) is 0 Å². The van der Waals surface area contributed by atoms with E-state index in [0.717, 1.165) is 33.7 Å². The van der Waals surface area contributed by atoms with Crippen LogP contribution in [0, 0.1) is 19.8 Å². The van der Waals surface area contributed by atoms with E-state index in [0.29, 0.717) is 24.5 Å². The van der Waals surface area contributed by atoms with Crippen LogP contribution in [-0.2, 0) is 4.79 Å². The van der Waals surface area contributed by atoms with Crippen molar-refractivity contribution >= 4 is 11.4 Å². The standard InChI is InChI=1S/C23H27N3O4/c1-13-11-25-26-14(2)18(16-6-7-19(28-4)20(8-16)29-5)10-21(23(13)26)30-15(3)17-9-22(27)24-12-17/h6-8,10-11,15,17H,9,12H2,1-5H3,(H,24,27)/t15-,17?/m1/s1. The first kappa shape index (κ1) is 20.1. The molecule has 0 radical (unpaired) electrons. The molecule has 2 atom stereocenters. The molecule has 2 aromatic heterocycles. The summed E-state index contributed by atoms with van der Waals surface area (Å²) in [5.74, 6) is 2.32. The second kappa shape index (κ2) is 7.89. The van der Waals surface area contributed by atoms with Crippen molar-refractivity contribution < 1.29 is 19.0 Å². The number of nitrogens with one attached hydrogen (secondary N) is 1. The zero-order valence-electron chi connectivity index (χ0n) is 18.0. The van der Waals surface area contributed by atoms with Gasteiger partial charge in [-0.25, -0.2) is 4.52 Å². The lowest BCUT2D eigenvalue weighted by molar-refractivity contribution is -0.119. The van der Waals surface area contributed by atoms with E-state index in [4.69, 9.17) is 14.2 Å². The minimum absolute atomic E-state index is 0.0797. The summed E-state index contributed by atoms with van der Waals surface area (Å²) < 4.78 is 19.2. The maximum absolute atomic E-state index is 11.6. The van der Waals surface area contributed by atoms with E-state index in [9.17, 15) is 4.79 Å². The second-order valence-electron chi connectivity index (χ2n) is 7.76. The Morgan fingerprint density at radius 1 is 1.13 bits per heavy atom. The number of fused-ring (bicyclic) bond motifs is 1. The van der Waals surface area contributed by atoms with E-state index in [-0.39, 0.29) is 17.9 Å². The van der Waals surface area contributed by atoms with Crippen LogP contribution in [0.3, 0.4) is 0 Å². The average molecular weight is 409 g/mol. The maximum atomic E-state index is 11.6. The highest BCUT2D eigenvalue weighted by Gasteiger charge is 2.29. The number of carbonyl (C=O) groups is 1. The lowest BCUT2D eigenvalue weighted by Gasteiger charge is -2.22. The molecule has 0 spiro atoms. The summed E-state index contributed by atoms with van der Waals surface area (Å²) in [4.78, 5) is 11.6. The van der Waals surface area contributed by atoms with E-state index in [1.807, 2.05) is 49.7 Å². The fourth-order valence-electron chi connectivity index (χ4n) is 4.04. The number of aryl methyl sites for hydroxylation is 2. The number of carbonyl (C=O) groups excluding carboxylic acids is 1. The van der Waals surface area contributed by atoms with Crippen LogP contribution in [0.15, 0.2) is 30.5 Å². The number of hydrogen-bond donors (Lipinski definition) is 1. The molecule has 0 bridgehead atoms. The number of amides is 1. The number of hydrogen-bond acceptors (Lipinski definition) is 5. The van der Waals surface area contributed by atoms with Crippen molar-refractivity contribution in [1.82, 2.24) is 14.9 Å². The maximum Gasteiger partial charge on any atom is 0.220 e. The van der Waals surface area contributed by atoms with Crippen molar-refractivity contribution in [2.24, 2.45) is 5.92 Å². The summed E-state index contributed by atoms with van der Waals surface area (Å²) >= 11 is 0. The first-order valence-corrected chi connectivity index (χ1v) is 10.1. The molecule has 158 valence electrons. The molecule has 7 nitrogen and oxygen atoms in total. The van der Waals surface area contributed by atoms with Crippen molar-refractivity contribution in [3.05, 3.63) is 41.7 Å². The number of aromatic nitrogens is 2. The number of methoxy groups -OCH3 is 2. The fraction of sp³-hybridized carbons (Fsp3) is 0.391. The third kappa shape index (κ3) is 3.44. The third-order valence-corrected chi connectivity index (χ3v) is 5.85. The summed E-state index contributed by atoms with van der Waals surface area (Å²) in [5, 5.41) is 7.46. The predicted molar refractivity (Wildman–Crippen MR) is 114 cm³/mol. The average Bonchev–Trinajstić information content (AvgIpc) is 3.36. The minimum Gasteiger partial charge on any atom is -0.493 e. The van der Waals surface area contributed by atoms with Crippen LogP contribution in [0.2, 0.25) is 0 Å². The molecule has 7 heteroatoms. The van der Waals surface area contributed by atoms with Crippen molar-refractivity contribution in [3.63, 3.8) is 0 Å². The molecule has 1 fully saturated rings. The third-order valence-electron chi connectivity index (χ3n) is 5.85. The molecule has 3 aromatic rings. The molecule has 1 aliphatic heterocycles. The van der Waals surface area contributed by atoms with Gasteiger partial charge in [-0.2, -0.15) is 5.10 Å². The molecule has 0 aliphatic carbocycles. The number of pyridine rings is 1. The monoisotopic (exact) mass is 409 g/mol. The number of rotatable bonds is 6. The predicted octanol–water partition coefficient (Wildman–Crippen LogP) is 3.54. The number of nitrogens with zero attached hydrogens (tertiary/aromatic N) is 2. The fourth-order valence-corrected chi connectivity index (χ4v) is 4.04. The molecule has 0 saturated carbocycles. The summed E-state index contributed by atoms with van der Waals surface area (Å²) in [6, 6.07) is 7.90. The zero-order chi connectivity index (χ0) is 21.4. The Labute approximate surface area is 175 Å². The van der Waals surface area contributed by atoms with Crippen LogP contribution >= 0.6 is 0 Å². The lowest BCUT2D eigenvalue weighted by Crippen LogP contribution is -2.26. The van der Waals surface area contributed by atoms with Gasteiger partial charge in [0.1, 0.15) is 17.4 Å². The quantitative estimate of drug-likeness (QED) is 0.674. The number of ether oxygens (including phenoxy) is 3. The zero-order valence-corrected chi connectivity index (χ0v) is 18.0. The molecular formula is C23H27N3O4. The molecule has 4 rings (SSSR count). The first-order chi connectivity index (χ1) is 14.4. The van der Waals surface area contributed by atoms with Crippen LogP contribution in [0.1, 0.15) is 24.6 Å². The van der Waals surface area contributed by atoms with E-state index >= 15 is 0 Å². The van der Waals surface area contributed by atoms with Gasteiger partial charge < -0.3 is 19.5 Å². The topological polar surface area (TPSA) is 74.1 Å². The Hall–Kier alpha value is -3.22. The smallest absolute Gasteiger partial charge is 0.220 e. The van der Waals surface area contributed by atoms with Crippen LogP contribution in [0.4, 0.5) is 0 Å². The van der Waals surface area contributed by atoms with Gasteiger partial charge in [0, 0.05) is 30.1 Å². The Morgan fingerprint density at radius 3 is 2.57 bits per heavy atom. The van der Waals surface area contributed by atoms with E-state index in [1.54, 1.807) is 14.2 Å². The summed E-state index contributed by atoms with van der Waals surface area (Å²) in [5.41, 5.74) is 4.97. The Balaban J connectivity index is 1.80. The van der Waals surface area contributed by atoms with Crippen LogP contribution in [-0.4, -0.2) is 42.4 Å². The van der Waals surface area contributed by atoms with Crippen LogP contribution in [0.5, 0.6) is 17.2 Å². The second-order valence-corrected chi connectivity index (χ2v) is 7.76. The van der Waals surface area contributed by atoms with Crippen LogP contribution < -0.4 is 19.5 Å². The van der Waals surface area contributed by atoms with E-state index < -0.39 is 0 Å². The molecule has 1 N–H and O–H groups in total. The van der Waals surface area contributed by atoms with Gasteiger partial charge in [0.2, 0.25) is 5.91 Å². The van der Waals surface area contributed by atoms with Crippen LogP contribution in [0.25, 0.3) is 16.6 Å². The van der Waals surface area contributed by atoms with Gasteiger partial charge in [-0.3, -0.25) is 4.79 Å². The van der Waals surface area contributed by atoms with E-state index in [2.05, 4.69) is 16.5 Å². The molecule has 1 amide bonds. The molecule has 1 aliphatic rings. The Bertz CT molecular complexity index is 1110. The van der Waals surface area contributed by atoms with Crippen molar-refractivity contribution in [2.45, 2.75) is 33.3 Å². The van der Waals surface area contributed by atoms with Crippen molar-refractivity contribution in [3.8, 4) is 28.4 Å². The highest BCUT2D eigenvalue weighted by Crippen LogP contribution is 2.37. The van der Waals surface area contributed by atoms with Gasteiger partial charge in [0.15, 0.2) is 11.5 Å². The van der Waals surface area contributed by atoms with Gasteiger partial charge in [0.05, 0.1) is 20.4 Å². The van der Waals surface area contributed by atoms with Crippen molar-refractivity contribution in [1.29, 1.82) is 0 Å². The molecule has 1 saturated heterocycles. The highest BCUT2D eigenvalue weighted by molar-refractivity contribution is 5.79. The minimum atomic E-state index is -0.108. The number of benzene rings is 1. The van der Waals surface area contributed by atoms with Gasteiger partial charge in [-0.15, -0.1) is 0 Å². The van der Waals surface area contributed by atoms with Gasteiger partial charge in [0.25, 0.3) is 0 Å². The highest BCUT2D eigenvalue weighted by atomic mass is 16.5. The normalized spacial score (nSPS) is 17.1. The van der Waals surface area contributed by atoms with Gasteiger partial charge >= 0.3 is 0 Å².